The van der Waals surface area contributed by atoms with Gasteiger partial charge in [0.1, 0.15) is 0 Å². The molecule has 0 aliphatic rings. The summed E-state index contributed by atoms with van der Waals surface area (Å²) in [5, 5.41) is 20.8. The van der Waals surface area contributed by atoms with Crippen molar-refractivity contribution in [3.05, 3.63) is 12.7 Å². The minimum Gasteiger partial charge on any atom is -0.481 e. The standard InChI is InChI=1S/C38H72O4/c1-5-9-12-15-18-21-24-27-31-35(37(39)40)33(29-8-4)34(30-26-23-20-17-14-11-7-3)36(38(41)42)32-28-25-22-19-16-13-10-6-2/h8,33-36H,4-7,9-32H2,1-3H3,(H,39,40)(H,41,42). The maximum atomic E-state index is 12.7. The molecule has 4 nitrogen and oxygen atoms in total. The summed E-state index contributed by atoms with van der Waals surface area (Å²) in [6, 6.07) is 0. The van der Waals surface area contributed by atoms with Crippen molar-refractivity contribution in [2.45, 2.75) is 194 Å². The molecule has 0 heterocycles. The summed E-state index contributed by atoms with van der Waals surface area (Å²) in [7, 11) is 0. The third-order valence-corrected chi connectivity index (χ3v) is 9.54. The van der Waals surface area contributed by atoms with Crippen LogP contribution in [0.25, 0.3) is 0 Å². The fourth-order valence-electron chi connectivity index (χ4n) is 6.92. The summed E-state index contributed by atoms with van der Waals surface area (Å²) in [4.78, 5) is 25.4. The number of carboxylic acid groups (broad SMARTS) is 2. The van der Waals surface area contributed by atoms with Crippen LogP contribution in [0.4, 0.5) is 0 Å². The highest BCUT2D eigenvalue weighted by atomic mass is 16.4. The first kappa shape index (κ1) is 40.7. The summed E-state index contributed by atoms with van der Waals surface area (Å²) < 4.78 is 0. The Morgan fingerprint density at radius 3 is 1.07 bits per heavy atom. The topological polar surface area (TPSA) is 74.6 Å². The van der Waals surface area contributed by atoms with Crippen LogP contribution < -0.4 is 0 Å². The smallest absolute Gasteiger partial charge is 0.306 e. The summed E-state index contributed by atoms with van der Waals surface area (Å²) in [6.45, 7) is 10.7. The maximum absolute atomic E-state index is 12.7. The number of hydrogen-bond acceptors (Lipinski definition) is 2. The van der Waals surface area contributed by atoms with E-state index in [4.69, 9.17) is 0 Å². The Morgan fingerprint density at radius 2 is 0.762 bits per heavy atom. The number of allylic oxidation sites excluding steroid dienone is 1. The molecule has 42 heavy (non-hydrogen) atoms. The molecule has 0 saturated carbocycles. The number of rotatable bonds is 33. The molecule has 0 aromatic heterocycles. The van der Waals surface area contributed by atoms with Gasteiger partial charge in [-0.25, -0.2) is 0 Å². The van der Waals surface area contributed by atoms with Crippen molar-refractivity contribution in [1.82, 2.24) is 0 Å². The molecular formula is C38H72O4. The average molecular weight is 593 g/mol. The van der Waals surface area contributed by atoms with Gasteiger partial charge in [-0.2, -0.15) is 0 Å². The zero-order valence-corrected chi connectivity index (χ0v) is 28.4. The maximum Gasteiger partial charge on any atom is 0.306 e. The molecule has 0 amide bonds. The molecular weight excluding hydrogens is 520 g/mol. The van der Waals surface area contributed by atoms with Crippen LogP contribution >= 0.6 is 0 Å². The lowest BCUT2D eigenvalue weighted by Crippen LogP contribution is -2.36. The molecule has 248 valence electrons. The molecule has 0 aromatic rings. The second-order valence-corrected chi connectivity index (χ2v) is 13.2. The van der Waals surface area contributed by atoms with Crippen molar-refractivity contribution in [3.63, 3.8) is 0 Å². The number of carboxylic acids is 2. The van der Waals surface area contributed by atoms with E-state index in [1.807, 2.05) is 6.08 Å². The van der Waals surface area contributed by atoms with Crippen molar-refractivity contribution < 1.29 is 19.8 Å². The fraction of sp³-hybridized carbons (Fsp3) is 0.895. The van der Waals surface area contributed by atoms with E-state index in [1.54, 1.807) is 0 Å². The van der Waals surface area contributed by atoms with Gasteiger partial charge in [-0.15, -0.1) is 6.58 Å². The van der Waals surface area contributed by atoms with Crippen molar-refractivity contribution in [2.75, 3.05) is 0 Å². The van der Waals surface area contributed by atoms with Gasteiger partial charge in [-0.3, -0.25) is 9.59 Å². The minimum atomic E-state index is -0.745. The third-order valence-electron chi connectivity index (χ3n) is 9.54. The van der Waals surface area contributed by atoms with Gasteiger partial charge >= 0.3 is 11.9 Å². The van der Waals surface area contributed by atoms with E-state index in [9.17, 15) is 19.8 Å². The molecule has 4 atom stereocenters. The lowest BCUT2D eigenvalue weighted by molar-refractivity contribution is -0.150. The van der Waals surface area contributed by atoms with Crippen molar-refractivity contribution in [3.8, 4) is 0 Å². The second kappa shape index (κ2) is 29.7. The average Bonchev–Trinajstić information content (AvgIpc) is 2.96. The van der Waals surface area contributed by atoms with Gasteiger partial charge in [0.15, 0.2) is 0 Å². The summed E-state index contributed by atoms with van der Waals surface area (Å²) in [6.07, 6.45) is 32.0. The summed E-state index contributed by atoms with van der Waals surface area (Å²) >= 11 is 0. The van der Waals surface area contributed by atoms with Crippen LogP contribution in [0.15, 0.2) is 12.7 Å². The van der Waals surface area contributed by atoms with Gasteiger partial charge in [0.2, 0.25) is 0 Å². The first-order valence-corrected chi connectivity index (χ1v) is 18.5. The van der Waals surface area contributed by atoms with Crippen molar-refractivity contribution >= 4 is 11.9 Å². The Kier molecular flexibility index (Phi) is 28.8. The van der Waals surface area contributed by atoms with E-state index in [2.05, 4.69) is 27.4 Å². The van der Waals surface area contributed by atoms with Gasteiger partial charge in [-0.05, 0) is 37.5 Å². The largest absolute Gasteiger partial charge is 0.481 e. The first-order chi connectivity index (χ1) is 20.4. The van der Waals surface area contributed by atoms with Crippen LogP contribution in [0.2, 0.25) is 0 Å². The molecule has 0 bridgehead atoms. The van der Waals surface area contributed by atoms with Crippen LogP contribution in [-0.2, 0) is 9.59 Å². The molecule has 0 fully saturated rings. The predicted octanol–water partition coefficient (Wildman–Crippen LogP) is 12.4. The number of unbranched alkanes of at least 4 members (excludes halogenated alkanes) is 20. The van der Waals surface area contributed by atoms with E-state index in [0.29, 0.717) is 19.3 Å². The molecule has 0 aliphatic carbocycles. The van der Waals surface area contributed by atoms with Crippen LogP contribution in [0.5, 0.6) is 0 Å². The predicted molar refractivity (Wildman–Crippen MR) is 181 cm³/mol. The van der Waals surface area contributed by atoms with E-state index in [-0.39, 0.29) is 11.8 Å². The molecule has 0 aliphatic heterocycles. The highest BCUT2D eigenvalue weighted by Crippen LogP contribution is 2.39. The molecule has 0 saturated heterocycles. The molecule has 0 rings (SSSR count). The summed E-state index contributed by atoms with van der Waals surface area (Å²) in [5.41, 5.74) is 0. The zero-order chi connectivity index (χ0) is 31.3. The van der Waals surface area contributed by atoms with Gasteiger partial charge < -0.3 is 10.2 Å². The molecule has 0 radical (unpaired) electrons. The van der Waals surface area contributed by atoms with Crippen LogP contribution in [0.3, 0.4) is 0 Å². The lowest BCUT2D eigenvalue weighted by atomic mass is 9.68. The molecule has 0 spiro atoms. The van der Waals surface area contributed by atoms with Crippen molar-refractivity contribution in [2.24, 2.45) is 23.7 Å². The monoisotopic (exact) mass is 593 g/mol. The van der Waals surface area contributed by atoms with Gasteiger partial charge in [-0.1, -0.05) is 175 Å². The highest BCUT2D eigenvalue weighted by molar-refractivity contribution is 5.72. The third kappa shape index (κ3) is 21.4. The Labute approximate surface area is 261 Å². The number of hydrogen-bond donors (Lipinski definition) is 2. The molecule has 4 heteroatoms. The van der Waals surface area contributed by atoms with Crippen molar-refractivity contribution in [1.29, 1.82) is 0 Å². The number of carbonyl (C=O) groups is 2. The highest BCUT2D eigenvalue weighted by Gasteiger charge is 2.39. The summed E-state index contributed by atoms with van der Waals surface area (Å²) in [5.74, 6) is -2.68. The van der Waals surface area contributed by atoms with Gasteiger partial charge in [0, 0.05) is 0 Å². The normalized spacial score (nSPS) is 14.4. The molecule has 0 aromatic carbocycles. The SMILES string of the molecule is C=CCC(C(CCCCCCCCCC)C(=O)O)C(CCCCCCCCC)C(CCCCCCCCCC)C(=O)O. The zero-order valence-electron chi connectivity index (χ0n) is 28.4. The minimum absolute atomic E-state index is 0.101. The number of aliphatic carboxylic acids is 2. The van der Waals surface area contributed by atoms with Crippen LogP contribution in [0.1, 0.15) is 194 Å². The fourth-order valence-corrected chi connectivity index (χ4v) is 6.92. The van der Waals surface area contributed by atoms with E-state index in [1.165, 1.54) is 109 Å². The second-order valence-electron chi connectivity index (χ2n) is 13.2. The van der Waals surface area contributed by atoms with E-state index < -0.39 is 23.8 Å². The lowest BCUT2D eigenvalue weighted by Gasteiger charge is -2.35. The Balaban J connectivity index is 5.39. The molecule has 2 N–H and O–H groups in total. The Bertz CT molecular complexity index is 631. The Morgan fingerprint density at radius 1 is 0.476 bits per heavy atom. The molecule has 4 unspecified atom stereocenters. The van der Waals surface area contributed by atoms with Gasteiger partial charge in [0.25, 0.3) is 0 Å². The van der Waals surface area contributed by atoms with Crippen LogP contribution in [-0.4, -0.2) is 22.2 Å². The van der Waals surface area contributed by atoms with Gasteiger partial charge in [0.05, 0.1) is 11.8 Å². The van der Waals surface area contributed by atoms with Crippen LogP contribution in [0, 0.1) is 23.7 Å². The quantitative estimate of drug-likeness (QED) is 0.0587. The van der Waals surface area contributed by atoms with E-state index in [0.717, 1.165) is 44.9 Å². The van der Waals surface area contributed by atoms with E-state index >= 15 is 0 Å². The first-order valence-electron chi connectivity index (χ1n) is 18.5. The Hall–Kier alpha value is -1.32.